The highest BCUT2D eigenvalue weighted by Crippen LogP contribution is 2.34. The second-order valence-corrected chi connectivity index (χ2v) is 4.60. The van der Waals surface area contributed by atoms with Gasteiger partial charge in [-0.15, -0.1) is 0 Å². The molecule has 0 unspecified atom stereocenters. The van der Waals surface area contributed by atoms with E-state index in [0.717, 1.165) is 12.2 Å². The summed E-state index contributed by atoms with van der Waals surface area (Å²) in [6.45, 7) is 0. The van der Waals surface area contributed by atoms with Crippen LogP contribution in [0.25, 0.3) is 0 Å². The Morgan fingerprint density at radius 3 is 2.33 bits per heavy atom. The summed E-state index contributed by atoms with van der Waals surface area (Å²) in [6, 6.07) is 0. The topological polar surface area (TPSA) is 17.1 Å². The van der Waals surface area contributed by atoms with Gasteiger partial charge in [0.2, 0.25) is 5.12 Å². The summed E-state index contributed by atoms with van der Waals surface area (Å²) >= 11 is 1.50. The van der Waals surface area contributed by atoms with Crippen molar-refractivity contribution in [1.29, 1.82) is 0 Å². The Morgan fingerprint density at radius 2 is 1.75 bits per heavy atom. The highest BCUT2D eigenvalue weighted by atomic mass is 32.2. The molecular weight excluding hydrogens is 168 g/mol. The predicted octanol–water partition coefficient (Wildman–Crippen LogP) is 2.91. The average molecular weight is 182 g/mol. The van der Waals surface area contributed by atoms with Crippen molar-refractivity contribution in [1.82, 2.24) is 0 Å². The van der Waals surface area contributed by atoms with Gasteiger partial charge in [0.25, 0.3) is 0 Å². The molecule has 0 aromatic rings. The SMILES string of the molecule is O=C1SCCC1=C1CCCCC1. The molecule has 1 aliphatic carbocycles. The van der Waals surface area contributed by atoms with Gasteiger partial charge in [-0.1, -0.05) is 23.8 Å². The number of hydrogen-bond acceptors (Lipinski definition) is 2. The molecule has 1 saturated heterocycles. The fourth-order valence-electron chi connectivity index (χ4n) is 2.04. The zero-order chi connectivity index (χ0) is 8.39. The van der Waals surface area contributed by atoms with Crippen molar-refractivity contribution in [3.05, 3.63) is 11.1 Å². The van der Waals surface area contributed by atoms with Crippen molar-refractivity contribution in [2.24, 2.45) is 0 Å². The van der Waals surface area contributed by atoms with Crippen LogP contribution in [0.1, 0.15) is 38.5 Å². The highest BCUT2D eigenvalue weighted by Gasteiger charge is 2.22. The molecule has 12 heavy (non-hydrogen) atoms. The van der Waals surface area contributed by atoms with Crippen molar-refractivity contribution < 1.29 is 4.79 Å². The molecule has 2 aliphatic rings. The molecule has 2 rings (SSSR count). The molecule has 2 fully saturated rings. The Kier molecular flexibility index (Phi) is 2.54. The summed E-state index contributed by atoms with van der Waals surface area (Å²) in [6.07, 6.45) is 7.40. The number of rotatable bonds is 0. The number of carbonyl (C=O) groups is 1. The van der Waals surface area contributed by atoms with Gasteiger partial charge in [0.1, 0.15) is 0 Å². The van der Waals surface area contributed by atoms with E-state index in [9.17, 15) is 4.79 Å². The first-order chi connectivity index (χ1) is 5.88. The summed E-state index contributed by atoms with van der Waals surface area (Å²) in [7, 11) is 0. The van der Waals surface area contributed by atoms with Gasteiger partial charge in [-0.3, -0.25) is 4.79 Å². The normalized spacial score (nSPS) is 25.2. The monoisotopic (exact) mass is 182 g/mol. The maximum absolute atomic E-state index is 11.4. The minimum absolute atomic E-state index is 0.368. The molecule has 1 aliphatic heterocycles. The summed E-state index contributed by atoms with van der Waals surface area (Å²) in [5.41, 5.74) is 2.66. The van der Waals surface area contributed by atoms with Gasteiger partial charge in [0.05, 0.1) is 0 Å². The lowest BCUT2D eigenvalue weighted by atomic mass is 9.90. The summed E-state index contributed by atoms with van der Waals surface area (Å²) in [5.74, 6) is 1.03. The standard InChI is InChI=1S/C10H14OS/c11-10-9(6-7-12-10)8-4-2-1-3-5-8/h1-7H2. The number of carbonyl (C=O) groups excluding carboxylic acids is 1. The molecule has 2 heteroatoms. The third-order valence-corrected chi connectivity index (χ3v) is 3.63. The van der Waals surface area contributed by atoms with Crippen molar-refractivity contribution in [2.45, 2.75) is 38.5 Å². The van der Waals surface area contributed by atoms with Gasteiger partial charge in [-0.05, 0) is 32.1 Å². The van der Waals surface area contributed by atoms with Crippen LogP contribution in [0.5, 0.6) is 0 Å². The largest absolute Gasteiger partial charge is 0.282 e. The summed E-state index contributed by atoms with van der Waals surface area (Å²) < 4.78 is 0. The van der Waals surface area contributed by atoms with Crippen LogP contribution < -0.4 is 0 Å². The number of thioether (sulfide) groups is 1. The van der Waals surface area contributed by atoms with E-state index < -0.39 is 0 Å². The first-order valence-corrected chi connectivity index (χ1v) is 5.74. The van der Waals surface area contributed by atoms with E-state index in [4.69, 9.17) is 0 Å². The number of allylic oxidation sites excluding steroid dienone is 1. The van der Waals surface area contributed by atoms with E-state index in [1.54, 1.807) is 0 Å². The van der Waals surface area contributed by atoms with Gasteiger partial charge in [0, 0.05) is 11.3 Å². The molecular formula is C10H14OS. The zero-order valence-corrected chi connectivity index (χ0v) is 8.08. The van der Waals surface area contributed by atoms with Gasteiger partial charge >= 0.3 is 0 Å². The Bertz CT molecular complexity index is 222. The molecule has 0 aromatic heterocycles. The van der Waals surface area contributed by atoms with Crippen LogP contribution in [0.4, 0.5) is 0 Å². The zero-order valence-electron chi connectivity index (χ0n) is 7.27. The van der Waals surface area contributed by atoms with E-state index in [1.807, 2.05) is 0 Å². The van der Waals surface area contributed by atoms with E-state index in [-0.39, 0.29) is 0 Å². The number of hydrogen-bond donors (Lipinski definition) is 0. The van der Waals surface area contributed by atoms with Gasteiger partial charge < -0.3 is 0 Å². The Hall–Kier alpha value is -0.240. The molecule has 0 atom stereocenters. The smallest absolute Gasteiger partial charge is 0.215 e. The molecule has 0 amide bonds. The lowest BCUT2D eigenvalue weighted by Gasteiger charge is -2.15. The summed E-state index contributed by atoms with van der Waals surface area (Å²) in [4.78, 5) is 11.4. The molecule has 0 bridgehead atoms. The maximum atomic E-state index is 11.4. The Morgan fingerprint density at radius 1 is 1.00 bits per heavy atom. The quantitative estimate of drug-likeness (QED) is 0.536. The Balaban J connectivity index is 2.16. The van der Waals surface area contributed by atoms with Crippen LogP contribution in [0.2, 0.25) is 0 Å². The van der Waals surface area contributed by atoms with E-state index in [0.29, 0.717) is 5.12 Å². The lowest BCUT2D eigenvalue weighted by Crippen LogP contribution is -2.01. The minimum atomic E-state index is 0.368. The highest BCUT2D eigenvalue weighted by molar-refractivity contribution is 8.14. The molecule has 0 aromatic carbocycles. The molecule has 66 valence electrons. The molecule has 0 radical (unpaired) electrons. The fourth-order valence-corrected chi connectivity index (χ4v) is 2.95. The molecule has 1 heterocycles. The van der Waals surface area contributed by atoms with Crippen LogP contribution in [-0.2, 0) is 4.79 Å². The second-order valence-electron chi connectivity index (χ2n) is 3.53. The Labute approximate surface area is 77.6 Å². The fraction of sp³-hybridized carbons (Fsp3) is 0.700. The first kappa shape index (κ1) is 8.36. The van der Waals surface area contributed by atoms with Gasteiger partial charge in [-0.2, -0.15) is 0 Å². The second kappa shape index (κ2) is 3.65. The molecule has 0 spiro atoms. The average Bonchev–Trinajstić information content (AvgIpc) is 2.53. The van der Waals surface area contributed by atoms with Crippen molar-refractivity contribution in [2.75, 3.05) is 5.75 Å². The van der Waals surface area contributed by atoms with Gasteiger partial charge in [-0.25, -0.2) is 0 Å². The van der Waals surface area contributed by atoms with Gasteiger partial charge in [0.15, 0.2) is 0 Å². The molecule has 0 N–H and O–H groups in total. The first-order valence-electron chi connectivity index (χ1n) is 4.76. The third kappa shape index (κ3) is 1.58. The van der Waals surface area contributed by atoms with E-state index >= 15 is 0 Å². The van der Waals surface area contributed by atoms with Crippen LogP contribution in [0.15, 0.2) is 11.1 Å². The van der Waals surface area contributed by atoms with Crippen LogP contribution in [-0.4, -0.2) is 10.9 Å². The third-order valence-electron chi connectivity index (χ3n) is 2.72. The maximum Gasteiger partial charge on any atom is 0.215 e. The van der Waals surface area contributed by atoms with Crippen LogP contribution in [0, 0.1) is 0 Å². The summed E-state index contributed by atoms with van der Waals surface area (Å²) in [5, 5.41) is 0.368. The molecule has 1 saturated carbocycles. The van der Waals surface area contributed by atoms with Crippen molar-refractivity contribution in [3.63, 3.8) is 0 Å². The van der Waals surface area contributed by atoms with Crippen molar-refractivity contribution in [3.8, 4) is 0 Å². The van der Waals surface area contributed by atoms with Crippen LogP contribution >= 0.6 is 11.8 Å². The molecule has 1 nitrogen and oxygen atoms in total. The predicted molar refractivity (Wildman–Crippen MR) is 52.2 cm³/mol. The van der Waals surface area contributed by atoms with Crippen molar-refractivity contribution >= 4 is 16.9 Å². The minimum Gasteiger partial charge on any atom is -0.282 e. The van der Waals surface area contributed by atoms with E-state index in [2.05, 4.69) is 0 Å². The van der Waals surface area contributed by atoms with Crippen LogP contribution in [0.3, 0.4) is 0 Å². The van der Waals surface area contributed by atoms with E-state index in [1.165, 1.54) is 55.0 Å². The lowest BCUT2D eigenvalue weighted by molar-refractivity contribution is -0.107.